The fourth-order valence-electron chi connectivity index (χ4n) is 3.34. The number of allylic oxidation sites excluding steroid dienone is 2. The molecule has 164 valence electrons. The Labute approximate surface area is 216 Å². The predicted octanol–water partition coefficient (Wildman–Crippen LogP) is 2.07. The van der Waals surface area contributed by atoms with Crippen LogP contribution in [0.4, 0.5) is 0 Å². The van der Waals surface area contributed by atoms with Crippen molar-refractivity contribution in [3.05, 3.63) is 115 Å². The van der Waals surface area contributed by atoms with Crippen molar-refractivity contribution < 1.29 is 29.6 Å². The summed E-state index contributed by atoms with van der Waals surface area (Å²) in [6, 6.07) is 20.8. The zero-order valence-electron chi connectivity index (χ0n) is 19.6. The van der Waals surface area contributed by atoms with Crippen molar-refractivity contribution >= 4 is 6.21 Å². The van der Waals surface area contributed by atoms with Gasteiger partial charge in [-0.15, -0.1) is 18.7 Å². The summed E-state index contributed by atoms with van der Waals surface area (Å²) in [6.07, 6.45) is 9.00. The largest absolute Gasteiger partial charge is 1.00 e. The van der Waals surface area contributed by atoms with E-state index in [1.54, 1.807) is 6.54 Å². The average molecular weight is 439 g/mol. The fraction of sp³-hybridized carbons (Fsp3) is 0.259. The SMILES string of the molecule is C=C(NCc1ccccc1)C1CCCN1C.C=CC1=CN=CC1.N[CH-]c1ccccc1.[Na+]. The molecule has 0 amide bonds. The summed E-state index contributed by atoms with van der Waals surface area (Å²) < 4.78 is 0. The normalized spacial score (nSPS) is 16.3. The van der Waals surface area contributed by atoms with Gasteiger partial charge in [0.05, 0.1) is 0 Å². The van der Waals surface area contributed by atoms with E-state index in [-0.39, 0.29) is 29.6 Å². The summed E-state index contributed by atoms with van der Waals surface area (Å²) in [5.41, 5.74) is 9.96. The Balaban J connectivity index is 0.000000268. The summed E-state index contributed by atoms with van der Waals surface area (Å²) in [5.74, 6) is 0. The summed E-state index contributed by atoms with van der Waals surface area (Å²) >= 11 is 0. The minimum atomic E-state index is 0. The van der Waals surface area contributed by atoms with Gasteiger partial charge < -0.3 is 11.1 Å². The zero-order chi connectivity index (χ0) is 22.3. The number of hydrogen-bond acceptors (Lipinski definition) is 4. The van der Waals surface area contributed by atoms with Crippen molar-refractivity contribution in [2.45, 2.75) is 31.8 Å². The maximum atomic E-state index is 5.22. The maximum absolute atomic E-state index is 5.22. The van der Waals surface area contributed by atoms with Crippen LogP contribution in [-0.4, -0.2) is 30.7 Å². The monoisotopic (exact) mass is 438 g/mol. The first-order chi connectivity index (χ1) is 15.1. The third-order valence-corrected chi connectivity index (χ3v) is 5.21. The minimum absolute atomic E-state index is 0. The molecular formula is C27H35N4Na. The Morgan fingerprint density at radius 2 is 1.84 bits per heavy atom. The number of rotatable bonds is 6. The molecule has 1 atom stereocenters. The standard InChI is InChI=1S/C14H20N2.C7H8N.C6H7N.Na/c1-12(14-9-6-10-16(14)2)15-11-13-7-4-3-5-8-13;8-6-7-4-2-1-3-5-7;1-2-6-3-4-7-5-6;/h3-5,7-8,14-15H,1,6,9-11H2,2H3;1-6H,8H2;2,4-5H,1,3H2;/q;-1;;+1. The number of aliphatic imine (C=N–C) groups is 1. The summed E-state index contributed by atoms with van der Waals surface area (Å²) in [7, 11) is 2.17. The van der Waals surface area contributed by atoms with E-state index in [1.165, 1.54) is 30.5 Å². The number of hydrogen-bond donors (Lipinski definition) is 2. The van der Waals surface area contributed by atoms with E-state index in [0.717, 1.165) is 24.2 Å². The van der Waals surface area contributed by atoms with Crippen LogP contribution in [0.3, 0.4) is 0 Å². The number of nitrogens with two attached hydrogens (primary N) is 1. The molecule has 2 aliphatic heterocycles. The van der Waals surface area contributed by atoms with Gasteiger partial charge in [-0.1, -0.05) is 55.6 Å². The molecule has 2 aromatic carbocycles. The van der Waals surface area contributed by atoms with E-state index in [9.17, 15) is 0 Å². The maximum Gasteiger partial charge on any atom is 1.00 e. The van der Waals surface area contributed by atoms with Gasteiger partial charge in [-0.2, -0.15) is 17.7 Å². The third-order valence-electron chi connectivity index (χ3n) is 5.21. The molecule has 3 N–H and O–H groups in total. The quantitative estimate of drug-likeness (QED) is 0.536. The van der Waals surface area contributed by atoms with Crippen LogP contribution in [0.25, 0.3) is 0 Å². The van der Waals surface area contributed by atoms with Crippen molar-refractivity contribution in [3.8, 4) is 0 Å². The second-order valence-electron chi connectivity index (χ2n) is 7.52. The Morgan fingerprint density at radius 3 is 2.28 bits per heavy atom. The molecule has 0 bridgehead atoms. The van der Waals surface area contributed by atoms with Gasteiger partial charge in [0.2, 0.25) is 0 Å². The van der Waals surface area contributed by atoms with Gasteiger partial charge in [-0.25, -0.2) is 0 Å². The predicted molar refractivity (Wildman–Crippen MR) is 133 cm³/mol. The molecule has 4 nitrogen and oxygen atoms in total. The van der Waals surface area contributed by atoms with E-state index in [1.807, 2.05) is 54.9 Å². The van der Waals surface area contributed by atoms with Crippen LogP contribution in [0.1, 0.15) is 30.4 Å². The van der Waals surface area contributed by atoms with Crippen molar-refractivity contribution in [2.75, 3.05) is 13.6 Å². The number of benzene rings is 2. The molecule has 1 fully saturated rings. The zero-order valence-corrected chi connectivity index (χ0v) is 21.6. The first kappa shape index (κ1) is 28.0. The molecule has 1 saturated heterocycles. The van der Waals surface area contributed by atoms with Crippen LogP contribution in [0, 0.1) is 6.54 Å². The summed E-state index contributed by atoms with van der Waals surface area (Å²) in [5, 5.41) is 3.44. The van der Waals surface area contributed by atoms with Crippen LogP contribution in [0.15, 0.2) is 102 Å². The van der Waals surface area contributed by atoms with Gasteiger partial charge in [-0.3, -0.25) is 9.89 Å². The van der Waals surface area contributed by atoms with Gasteiger partial charge >= 0.3 is 29.6 Å². The Morgan fingerprint density at radius 1 is 1.19 bits per heavy atom. The van der Waals surface area contributed by atoms with Gasteiger partial charge in [0, 0.05) is 37.1 Å². The smallest absolute Gasteiger partial charge is 0.383 e. The number of nitrogens with one attached hydrogen (secondary N) is 1. The molecule has 0 aliphatic carbocycles. The van der Waals surface area contributed by atoms with Crippen LogP contribution in [0.2, 0.25) is 0 Å². The number of likely N-dealkylation sites (N-methyl/N-ethyl adjacent to an activating group) is 1. The molecule has 0 spiro atoms. The molecule has 2 heterocycles. The van der Waals surface area contributed by atoms with Crippen LogP contribution in [0.5, 0.6) is 0 Å². The van der Waals surface area contributed by atoms with Gasteiger partial charge in [0.15, 0.2) is 0 Å². The molecule has 0 aromatic heterocycles. The van der Waals surface area contributed by atoms with Crippen LogP contribution < -0.4 is 40.6 Å². The van der Waals surface area contributed by atoms with Crippen molar-refractivity contribution in [2.24, 2.45) is 10.7 Å². The topological polar surface area (TPSA) is 53.6 Å². The first-order valence-corrected chi connectivity index (χ1v) is 10.7. The Hall–Kier alpha value is -2.08. The van der Waals surface area contributed by atoms with Gasteiger partial charge in [0.25, 0.3) is 0 Å². The van der Waals surface area contributed by atoms with Crippen molar-refractivity contribution in [3.63, 3.8) is 0 Å². The molecule has 1 unspecified atom stereocenters. The molecular weight excluding hydrogens is 403 g/mol. The Kier molecular flexibility index (Phi) is 14.4. The molecule has 4 rings (SSSR count). The van der Waals surface area contributed by atoms with Gasteiger partial charge in [0.1, 0.15) is 0 Å². The van der Waals surface area contributed by atoms with Crippen LogP contribution >= 0.6 is 0 Å². The molecule has 0 saturated carbocycles. The van der Waals surface area contributed by atoms with Gasteiger partial charge in [-0.05, 0) is 37.6 Å². The van der Waals surface area contributed by atoms with Crippen molar-refractivity contribution in [1.29, 1.82) is 0 Å². The number of likely N-dealkylation sites (tertiary alicyclic amines) is 1. The molecule has 2 aromatic rings. The number of nitrogens with zero attached hydrogens (tertiary/aromatic N) is 2. The molecule has 32 heavy (non-hydrogen) atoms. The second-order valence-corrected chi connectivity index (χ2v) is 7.52. The first-order valence-electron chi connectivity index (χ1n) is 10.7. The Bertz CT molecular complexity index is 846. The summed E-state index contributed by atoms with van der Waals surface area (Å²) in [4.78, 5) is 6.25. The third kappa shape index (κ3) is 10.5. The minimum Gasteiger partial charge on any atom is -0.383 e. The van der Waals surface area contributed by atoms with E-state index in [4.69, 9.17) is 5.73 Å². The van der Waals surface area contributed by atoms with E-state index in [2.05, 4.69) is 59.7 Å². The van der Waals surface area contributed by atoms with E-state index < -0.39 is 0 Å². The van der Waals surface area contributed by atoms with Crippen LogP contribution in [-0.2, 0) is 6.54 Å². The molecule has 0 radical (unpaired) electrons. The van der Waals surface area contributed by atoms with E-state index in [0.29, 0.717) is 6.04 Å². The molecule has 5 heteroatoms. The average Bonchev–Trinajstić information content (AvgIpc) is 3.51. The van der Waals surface area contributed by atoms with E-state index >= 15 is 0 Å². The fourth-order valence-corrected chi connectivity index (χ4v) is 3.34. The summed E-state index contributed by atoms with van der Waals surface area (Å²) in [6.45, 7) is 11.4. The second kappa shape index (κ2) is 16.5. The molecule has 2 aliphatic rings. The van der Waals surface area contributed by atoms with Crippen molar-refractivity contribution in [1.82, 2.24) is 10.2 Å².